The monoisotopic (exact) mass is 318 g/mol. The zero-order valence-electron chi connectivity index (χ0n) is 13.2. The Labute approximate surface area is 133 Å². The van der Waals surface area contributed by atoms with Crippen molar-refractivity contribution < 1.29 is 28.3 Å². The first kappa shape index (κ1) is 16.9. The summed E-state index contributed by atoms with van der Waals surface area (Å²) < 4.78 is 9.71. The maximum absolute atomic E-state index is 12.6. The number of Topliss-reactive ketones (excluding diaryl/α,β-unsaturated/α-hetero) is 2. The molecule has 6 heteroatoms. The van der Waals surface area contributed by atoms with Gasteiger partial charge in [-0.25, -0.2) is 0 Å². The average molecular weight is 318 g/mol. The van der Waals surface area contributed by atoms with Crippen molar-refractivity contribution in [1.82, 2.24) is 0 Å². The van der Waals surface area contributed by atoms with Crippen LogP contribution in [-0.4, -0.2) is 30.4 Å². The van der Waals surface area contributed by atoms with E-state index in [1.54, 1.807) is 26.0 Å². The van der Waals surface area contributed by atoms with E-state index in [-0.39, 0.29) is 6.42 Å². The number of ketones is 3. The van der Waals surface area contributed by atoms with E-state index in [0.717, 1.165) is 6.08 Å². The number of rotatable bonds is 4. The summed E-state index contributed by atoms with van der Waals surface area (Å²) >= 11 is 0. The molecule has 1 aliphatic carbocycles. The van der Waals surface area contributed by atoms with Crippen molar-refractivity contribution in [3.8, 4) is 0 Å². The first-order chi connectivity index (χ1) is 10.8. The summed E-state index contributed by atoms with van der Waals surface area (Å²) in [6, 6.07) is 3.28. The number of carbonyl (C=O) groups is 4. The van der Waals surface area contributed by atoms with E-state index in [2.05, 4.69) is 4.74 Å². The zero-order chi connectivity index (χ0) is 17.2. The van der Waals surface area contributed by atoms with Crippen molar-refractivity contribution in [3.05, 3.63) is 30.2 Å². The molecule has 0 saturated heterocycles. The molecule has 1 aliphatic rings. The highest BCUT2D eigenvalue weighted by Gasteiger charge is 2.53. The van der Waals surface area contributed by atoms with Gasteiger partial charge in [0.15, 0.2) is 17.3 Å². The fourth-order valence-electron chi connectivity index (χ4n) is 2.86. The second kappa shape index (κ2) is 6.32. The van der Waals surface area contributed by atoms with E-state index in [9.17, 15) is 19.2 Å². The van der Waals surface area contributed by atoms with Crippen molar-refractivity contribution in [3.63, 3.8) is 0 Å². The van der Waals surface area contributed by atoms with Gasteiger partial charge in [0.2, 0.25) is 0 Å². The molecule has 0 N–H and O–H groups in total. The fraction of sp³-hybridized carbons (Fsp3) is 0.412. The predicted molar refractivity (Wildman–Crippen MR) is 80.2 cm³/mol. The fourth-order valence-corrected chi connectivity index (χ4v) is 2.86. The minimum absolute atomic E-state index is 0.0382. The number of allylic oxidation sites excluding steroid dienone is 1. The number of esters is 1. The highest BCUT2D eigenvalue weighted by molar-refractivity contribution is 6.27. The smallest absolute Gasteiger partial charge is 0.316 e. The summed E-state index contributed by atoms with van der Waals surface area (Å²) in [5.41, 5.74) is -0.872. The van der Waals surface area contributed by atoms with Crippen LogP contribution in [0.5, 0.6) is 0 Å². The van der Waals surface area contributed by atoms with Crippen molar-refractivity contribution in [1.29, 1.82) is 0 Å². The minimum Gasteiger partial charge on any atom is -0.468 e. The molecule has 1 fully saturated rings. The molecule has 0 radical (unpaired) electrons. The van der Waals surface area contributed by atoms with Crippen LogP contribution < -0.4 is 0 Å². The maximum Gasteiger partial charge on any atom is 0.316 e. The second-order valence-corrected chi connectivity index (χ2v) is 6.17. The lowest BCUT2D eigenvalue weighted by molar-refractivity contribution is -0.161. The third kappa shape index (κ3) is 3.31. The van der Waals surface area contributed by atoms with Gasteiger partial charge < -0.3 is 9.15 Å². The first-order valence-corrected chi connectivity index (χ1v) is 7.17. The predicted octanol–water partition coefficient (Wildman–Crippen LogP) is 1.84. The number of carbonyl (C=O) groups excluding carboxylic acids is 4. The van der Waals surface area contributed by atoms with Crippen LogP contribution in [0.15, 0.2) is 28.9 Å². The molecule has 0 amide bonds. The molecule has 0 aromatic carbocycles. The Balaban J connectivity index is 2.27. The normalized spacial score (nSPS) is 24.0. The van der Waals surface area contributed by atoms with Gasteiger partial charge in [-0.05, 0) is 29.7 Å². The van der Waals surface area contributed by atoms with E-state index in [4.69, 9.17) is 4.42 Å². The molecule has 122 valence electrons. The van der Waals surface area contributed by atoms with E-state index < -0.39 is 40.6 Å². The SMILES string of the molecule is COC(=O)C1C(=O)C(C(=O)C=Cc2ccco2)C(=O)CC1(C)C. The summed E-state index contributed by atoms with van der Waals surface area (Å²) in [4.78, 5) is 49.0. The molecular weight excluding hydrogens is 300 g/mol. The Morgan fingerprint density at radius 1 is 1.35 bits per heavy atom. The van der Waals surface area contributed by atoms with Crippen LogP contribution in [0.25, 0.3) is 6.08 Å². The van der Waals surface area contributed by atoms with Gasteiger partial charge in [0.1, 0.15) is 17.6 Å². The van der Waals surface area contributed by atoms with Gasteiger partial charge >= 0.3 is 5.97 Å². The van der Waals surface area contributed by atoms with Crippen LogP contribution in [0.2, 0.25) is 0 Å². The minimum atomic E-state index is -1.46. The molecule has 1 aromatic rings. The van der Waals surface area contributed by atoms with Crippen LogP contribution in [-0.2, 0) is 23.9 Å². The lowest BCUT2D eigenvalue weighted by Crippen LogP contribution is -2.51. The third-order valence-corrected chi connectivity index (χ3v) is 3.98. The first-order valence-electron chi connectivity index (χ1n) is 7.17. The Morgan fingerprint density at radius 2 is 2.04 bits per heavy atom. The number of hydrogen-bond acceptors (Lipinski definition) is 6. The molecule has 23 heavy (non-hydrogen) atoms. The molecule has 1 aromatic heterocycles. The third-order valence-electron chi connectivity index (χ3n) is 3.98. The van der Waals surface area contributed by atoms with Crippen molar-refractivity contribution in [2.45, 2.75) is 20.3 Å². The number of methoxy groups -OCH3 is 1. The summed E-state index contributed by atoms with van der Waals surface area (Å²) in [5, 5.41) is 0. The van der Waals surface area contributed by atoms with Crippen molar-refractivity contribution in [2.24, 2.45) is 17.3 Å². The van der Waals surface area contributed by atoms with Crippen LogP contribution in [0.4, 0.5) is 0 Å². The van der Waals surface area contributed by atoms with Gasteiger partial charge in [-0.15, -0.1) is 0 Å². The van der Waals surface area contributed by atoms with Crippen LogP contribution >= 0.6 is 0 Å². The number of hydrogen-bond donors (Lipinski definition) is 0. The maximum atomic E-state index is 12.6. The summed E-state index contributed by atoms with van der Waals surface area (Å²) in [5.74, 6) is -4.71. The standard InChI is InChI=1S/C17H18O6/c1-17(2)9-12(19)13(15(20)14(17)16(21)22-3)11(18)7-6-10-5-4-8-23-10/h4-8,13-14H,9H2,1-3H3. The molecular formula is C17H18O6. The van der Waals surface area contributed by atoms with Crippen molar-refractivity contribution in [2.75, 3.05) is 7.11 Å². The highest BCUT2D eigenvalue weighted by Crippen LogP contribution is 2.40. The molecule has 1 heterocycles. The Hall–Kier alpha value is -2.50. The van der Waals surface area contributed by atoms with Crippen LogP contribution in [0.1, 0.15) is 26.0 Å². The largest absolute Gasteiger partial charge is 0.468 e. The molecule has 1 saturated carbocycles. The van der Waals surface area contributed by atoms with Gasteiger partial charge in [-0.3, -0.25) is 19.2 Å². The highest BCUT2D eigenvalue weighted by atomic mass is 16.5. The molecule has 6 nitrogen and oxygen atoms in total. The van der Waals surface area contributed by atoms with E-state index in [1.165, 1.54) is 19.4 Å². The quantitative estimate of drug-likeness (QED) is 0.478. The van der Waals surface area contributed by atoms with Gasteiger partial charge in [0.05, 0.1) is 13.4 Å². The average Bonchev–Trinajstić information content (AvgIpc) is 2.96. The lowest BCUT2D eigenvalue weighted by Gasteiger charge is -2.37. The molecule has 0 spiro atoms. The molecule has 2 unspecified atom stereocenters. The van der Waals surface area contributed by atoms with E-state index in [0.29, 0.717) is 5.76 Å². The van der Waals surface area contributed by atoms with Gasteiger partial charge in [-0.2, -0.15) is 0 Å². The molecule has 2 atom stereocenters. The van der Waals surface area contributed by atoms with Gasteiger partial charge in [0.25, 0.3) is 0 Å². The van der Waals surface area contributed by atoms with E-state index in [1.807, 2.05) is 0 Å². The van der Waals surface area contributed by atoms with Gasteiger partial charge in [-0.1, -0.05) is 13.8 Å². The topological polar surface area (TPSA) is 90.7 Å². The summed E-state index contributed by atoms with van der Waals surface area (Å²) in [6.07, 6.45) is 3.92. The van der Waals surface area contributed by atoms with Crippen molar-refractivity contribution >= 4 is 29.4 Å². The Kier molecular flexibility index (Phi) is 4.63. The van der Waals surface area contributed by atoms with Crippen LogP contribution in [0, 0.1) is 17.3 Å². The summed E-state index contributed by atoms with van der Waals surface area (Å²) in [7, 11) is 1.18. The number of ether oxygens (including phenoxy) is 1. The number of furan rings is 1. The Morgan fingerprint density at radius 3 is 2.61 bits per heavy atom. The molecule has 2 rings (SSSR count). The lowest BCUT2D eigenvalue weighted by atomic mass is 9.63. The molecule has 0 aliphatic heterocycles. The van der Waals surface area contributed by atoms with Gasteiger partial charge in [0, 0.05) is 6.42 Å². The van der Waals surface area contributed by atoms with E-state index >= 15 is 0 Å². The molecule has 0 bridgehead atoms. The second-order valence-electron chi connectivity index (χ2n) is 6.17. The Bertz CT molecular complexity index is 665. The van der Waals surface area contributed by atoms with Crippen LogP contribution in [0.3, 0.4) is 0 Å². The summed E-state index contributed by atoms with van der Waals surface area (Å²) in [6.45, 7) is 3.29. The zero-order valence-corrected chi connectivity index (χ0v) is 13.2.